The molecule has 1 saturated heterocycles. The van der Waals surface area contributed by atoms with Gasteiger partial charge in [0.2, 0.25) is 0 Å². The summed E-state index contributed by atoms with van der Waals surface area (Å²) in [5.41, 5.74) is 1.54. The van der Waals surface area contributed by atoms with Gasteiger partial charge in [-0.2, -0.15) is 0 Å². The van der Waals surface area contributed by atoms with E-state index < -0.39 is 0 Å². The van der Waals surface area contributed by atoms with Crippen molar-refractivity contribution in [1.29, 1.82) is 0 Å². The molecule has 0 aliphatic carbocycles. The summed E-state index contributed by atoms with van der Waals surface area (Å²) in [7, 11) is 0. The van der Waals surface area contributed by atoms with Crippen LogP contribution >= 0.6 is 0 Å². The van der Waals surface area contributed by atoms with Crippen molar-refractivity contribution in [2.24, 2.45) is 0 Å². The second kappa shape index (κ2) is 7.56. The van der Waals surface area contributed by atoms with Gasteiger partial charge in [0.1, 0.15) is 0 Å². The molecule has 27 heavy (non-hydrogen) atoms. The number of likely N-dealkylation sites (tertiary alicyclic amines) is 1. The number of ether oxygens (including phenoxy) is 3. The Kier molecular flexibility index (Phi) is 4.98. The van der Waals surface area contributed by atoms with Crippen molar-refractivity contribution in [2.45, 2.75) is 39.0 Å². The van der Waals surface area contributed by atoms with Crippen LogP contribution in [0.4, 0.5) is 0 Å². The molecule has 0 N–H and O–H groups in total. The minimum atomic E-state index is -0.0234. The molecular formula is C19H24N4O4. The van der Waals surface area contributed by atoms with Gasteiger partial charge >= 0.3 is 0 Å². The van der Waals surface area contributed by atoms with Crippen molar-refractivity contribution in [1.82, 2.24) is 19.9 Å². The van der Waals surface area contributed by atoms with Crippen molar-refractivity contribution in [3.63, 3.8) is 0 Å². The molecule has 0 saturated carbocycles. The Labute approximate surface area is 158 Å². The summed E-state index contributed by atoms with van der Waals surface area (Å²) < 4.78 is 19.1. The number of hydrogen-bond acceptors (Lipinski definition) is 6. The van der Waals surface area contributed by atoms with Gasteiger partial charge in [0.05, 0.1) is 43.9 Å². The van der Waals surface area contributed by atoms with E-state index in [1.807, 2.05) is 23.4 Å². The fraction of sp³-hybridized carbons (Fsp3) is 0.526. The maximum atomic E-state index is 13.1. The third-order valence-corrected chi connectivity index (χ3v) is 5.01. The molecule has 1 amide bonds. The summed E-state index contributed by atoms with van der Waals surface area (Å²) in [5.74, 6) is 1.23. The second-order valence-electron chi connectivity index (χ2n) is 6.65. The summed E-state index contributed by atoms with van der Waals surface area (Å²) in [6, 6.07) is 5.36. The summed E-state index contributed by atoms with van der Waals surface area (Å²) in [6.07, 6.45) is 2.57. The molecule has 3 heterocycles. The third-order valence-electron chi connectivity index (χ3n) is 5.01. The Morgan fingerprint density at radius 1 is 1.26 bits per heavy atom. The molecule has 0 bridgehead atoms. The molecule has 1 aromatic carbocycles. The number of piperidine rings is 1. The van der Waals surface area contributed by atoms with Gasteiger partial charge in [0, 0.05) is 18.7 Å². The number of benzene rings is 1. The largest absolute Gasteiger partial charge is 0.490 e. The van der Waals surface area contributed by atoms with Gasteiger partial charge in [-0.1, -0.05) is 5.21 Å². The van der Waals surface area contributed by atoms with Crippen molar-refractivity contribution >= 4 is 5.91 Å². The van der Waals surface area contributed by atoms with Crippen molar-refractivity contribution in [3.05, 3.63) is 35.7 Å². The molecule has 0 radical (unpaired) electrons. The van der Waals surface area contributed by atoms with E-state index in [-0.39, 0.29) is 18.1 Å². The number of nitrogens with zero attached hydrogens (tertiary/aromatic N) is 4. The molecular weight excluding hydrogens is 348 g/mol. The maximum absolute atomic E-state index is 13.1. The van der Waals surface area contributed by atoms with Crippen LogP contribution in [0.5, 0.6) is 11.5 Å². The predicted octanol–water partition coefficient (Wildman–Crippen LogP) is 2.06. The lowest BCUT2D eigenvalue weighted by molar-refractivity contribution is -0.0605. The first-order valence-corrected chi connectivity index (χ1v) is 9.40. The van der Waals surface area contributed by atoms with Gasteiger partial charge in [0.15, 0.2) is 11.5 Å². The lowest BCUT2D eigenvalue weighted by atomic mass is 9.99. The minimum Gasteiger partial charge on any atom is -0.490 e. The lowest BCUT2D eigenvalue weighted by Gasteiger charge is -2.41. The highest BCUT2D eigenvalue weighted by Crippen LogP contribution is 2.32. The van der Waals surface area contributed by atoms with Gasteiger partial charge in [0.25, 0.3) is 5.91 Å². The normalized spacial score (nSPS) is 21.3. The van der Waals surface area contributed by atoms with Crippen LogP contribution in [-0.4, -0.2) is 58.2 Å². The van der Waals surface area contributed by atoms with E-state index in [9.17, 15) is 4.79 Å². The van der Waals surface area contributed by atoms with E-state index in [4.69, 9.17) is 14.2 Å². The van der Waals surface area contributed by atoms with E-state index in [0.29, 0.717) is 50.0 Å². The molecule has 2 aliphatic heterocycles. The van der Waals surface area contributed by atoms with Crippen LogP contribution in [0.1, 0.15) is 42.4 Å². The van der Waals surface area contributed by atoms with Crippen LogP contribution in [0.15, 0.2) is 24.4 Å². The fourth-order valence-corrected chi connectivity index (χ4v) is 3.73. The monoisotopic (exact) mass is 372 g/mol. The zero-order valence-electron chi connectivity index (χ0n) is 15.6. The average molecular weight is 372 g/mol. The highest BCUT2D eigenvalue weighted by atomic mass is 16.5. The molecule has 1 aromatic heterocycles. The SMILES string of the molecule is CCOc1ccc(C(=O)N2CC[C@H]3OCc4cnnn4[C@@H]3C2)cc1OCC. The molecule has 0 unspecified atom stereocenters. The smallest absolute Gasteiger partial charge is 0.254 e. The molecule has 2 aliphatic rings. The van der Waals surface area contributed by atoms with E-state index in [1.165, 1.54) is 0 Å². The lowest BCUT2D eigenvalue weighted by Crippen LogP contribution is -2.49. The summed E-state index contributed by atoms with van der Waals surface area (Å²) >= 11 is 0. The van der Waals surface area contributed by atoms with Gasteiger partial charge < -0.3 is 19.1 Å². The van der Waals surface area contributed by atoms with Crippen molar-refractivity contribution in [3.8, 4) is 11.5 Å². The van der Waals surface area contributed by atoms with Crippen LogP contribution in [-0.2, 0) is 11.3 Å². The predicted molar refractivity (Wildman–Crippen MR) is 96.9 cm³/mol. The third kappa shape index (κ3) is 3.37. The molecule has 1 fully saturated rings. The van der Waals surface area contributed by atoms with Gasteiger partial charge in [-0.25, -0.2) is 4.68 Å². The molecule has 0 spiro atoms. The van der Waals surface area contributed by atoms with Crippen LogP contribution in [0.25, 0.3) is 0 Å². The summed E-state index contributed by atoms with van der Waals surface area (Å²) in [4.78, 5) is 14.9. The molecule has 2 atom stereocenters. The first-order chi connectivity index (χ1) is 13.2. The summed E-state index contributed by atoms with van der Waals surface area (Å²) in [6.45, 7) is 6.62. The van der Waals surface area contributed by atoms with Crippen LogP contribution in [0, 0.1) is 0 Å². The second-order valence-corrected chi connectivity index (χ2v) is 6.65. The Hall–Kier alpha value is -2.61. The van der Waals surface area contributed by atoms with Gasteiger partial charge in [-0.05, 0) is 38.5 Å². The Bertz CT molecular complexity index is 822. The standard InChI is InChI=1S/C19H24N4O4/c1-3-25-17-6-5-13(9-18(17)26-4-2)19(24)22-8-7-16-15(11-22)23-14(12-27-16)10-20-21-23/h5-6,9-10,15-16H,3-4,7-8,11-12H2,1-2H3/t15-,16-/m1/s1. The zero-order valence-corrected chi connectivity index (χ0v) is 15.6. The highest BCUT2D eigenvalue weighted by molar-refractivity contribution is 5.95. The van der Waals surface area contributed by atoms with Crippen LogP contribution in [0.3, 0.4) is 0 Å². The van der Waals surface area contributed by atoms with Crippen LogP contribution < -0.4 is 9.47 Å². The van der Waals surface area contributed by atoms with Gasteiger partial charge in [-0.15, -0.1) is 5.10 Å². The van der Waals surface area contributed by atoms with E-state index >= 15 is 0 Å². The molecule has 2 aromatic rings. The number of fused-ring (bicyclic) bond motifs is 3. The van der Waals surface area contributed by atoms with Crippen molar-refractivity contribution in [2.75, 3.05) is 26.3 Å². The van der Waals surface area contributed by atoms with E-state index in [2.05, 4.69) is 10.3 Å². The Morgan fingerprint density at radius 2 is 2.07 bits per heavy atom. The number of carbonyl (C=O) groups is 1. The quantitative estimate of drug-likeness (QED) is 0.799. The fourth-order valence-electron chi connectivity index (χ4n) is 3.73. The number of carbonyl (C=O) groups excluding carboxylic acids is 1. The average Bonchev–Trinajstić information content (AvgIpc) is 3.18. The zero-order chi connectivity index (χ0) is 18.8. The maximum Gasteiger partial charge on any atom is 0.254 e. The van der Waals surface area contributed by atoms with Gasteiger partial charge in [-0.3, -0.25) is 4.79 Å². The number of rotatable bonds is 5. The Balaban J connectivity index is 1.54. The number of amides is 1. The molecule has 144 valence electrons. The first kappa shape index (κ1) is 17.8. The molecule has 4 rings (SSSR count). The van der Waals surface area contributed by atoms with E-state index in [1.54, 1.807) is 24.4 Å². The summed E-state index contributed by atoms with van der Waals surface area (Å²) in [5, 5.41) is 8.17. The number of aromatic nitrogens is 3. The minimum absolute atomic E-state index is 0.00279. The highest BCUT2D eigenvalue weighted by Gasteiger charge is 2.38. The topological polar surface area (TPSA) is 78.7 Å². The molecule has 8 heteroatoms. The first-order valence-electron chi connectivity index (χ1n) is 9.40. The molecule has 8 nitrogen and oxygen atoms in total. The van der Waals surface area contributed by atoms with Crippen molar-refractivity contribution < 1.29 is 19.0 Å². The Morgan fingerprint density at radius 3 is 2.89 bits per heavy atom. The van der Waals surface area contributed by atoms with E-state index in [0.717, 1.165) is 12.1 Å². The van der Waals surface area contributed by atoms with Crippen LogP contribution in [0.2, 0.25) is 0 Å². The number of hydrogen-bond donors (Lipinski definition) is 0.